The van der Waals surface area contributed by atoms with Gasteiger partial charge in [-0.15, -0.1) is 0 Å². The summed E-state index contributed by atoms with van der Waals surface area (Å²) in [5.41, 5.74) is 1.16. The summed E-state index contributed by atoms with van der Waals surface area (Å²) in [7, 11) is -0.770. The van der Waals surface area contributed by atoms with E-state index >= 15 is 0 Å². The predicted molar refractivity (Wildman–Crippen MR) is 101 cm³/mol. The molecule has 0 saturated carbocycles. The summed E-state index contributed by atoms with van der Waals surface area (Å²) in [4.78, 5) is 28.1. The molecular formula is C20H13N2O2P. The molecule has 0 radical (unpaired) electrons. The molecule has 3 aromatic carbocycles. The summed E-state index contributed by atoms with van der Waals surface area (Å²) in [5, 5.41) is 3.48. The Morgan fingerprint density at radius 2 is 0.960 bits per heavy atom. The first-order valence-electron chi connectivity index (χ1n) is 7.53. The fraction of sp³-hybridized carbons (Fsp3) is 0. The molecule has 0 aliphatic carbocycles. The topological polar surface area (TPSA) is 58.9 Å². The van der Waals surface area contributed by atoms with Crippen molar-refractivity contribution in [3.05, 3.63) is 78.9 Å². The Morgan fingerprint density at radius 3 is 1.36 bits per heavy atom. The molecule has 0 aliphatic rings. The van der Waals surface area contributed by atoms with Crippen molar-refractivity contribution in [3.8, 4) is 0 Å². The van der Waals surface area contributed by atoms with Gasteiger partial charge in [0, 0.05) is 0 Å². The van der Waals surface area contributed by atoms with E-state index in [0.29, 0.717) is 11.4 Å². The number of isocyanates is 2. The lowest BCUT2D eigenvalue weighted by Gasteiger charge is -2.19. The van der Waals surface area contributed by atoms with Crippen molar-refractivity contribution in [2.75, 3.05) is 0 Å². The van der Waals surface area contributed by atoms with Gasteiger partial charge in [-0.05, 0) is 48.1 Å². The SMILES string of the molecule is O=C=Nc1ccc(P(c2ccccc2)c2ccc(N=C=O)cc2)cc1. The van der Waals surface area contributed by atoms with Crippen LogP contribution < -0.4 is 15.9 Å². The first kappa shape index (κ1) is 16.7. The number of aliphatic imine (C=N–C) groups is 2. The molecule has 0 fully saturated rings. The van der Waals surface area contributed by atoms with Gasteiger partial charge in [-0.2, -0.15) is 9.98 Å². The Labute approximate surface area is 146 Å². The lowest BCUT2D eigenvalue weighted by atomic mass is 10.3. The number of nitrogens with zero attached hydrogens (tertiary/aromatic N) is 2. The molecule has 0 aromatic heterocycles. The molecule has 0 spiro atoms. The molecule has 0 amide bonds. The second-order valence-corrected chi connectivity index (χ2v) is 7.33. The standard InChI is InChI=1S/C20H13N2O2P/c23-14-21-16-6-10-19(11-7-16)25(18-4-2-1-3-5-18)20-12-8-17(9-13-20)22-15-24/h1-13H. The zero-order chi connectivity index (χ0) is 17.5. The quantitative estimate of drug-likeness (QED) is 0.405. The zero-order valence-corrected chi connectivity index (χ0v) is 14.1. The van der Waals surface area contributed by atoms with Crippen molar-refractivity contribution in [3.63, 3.8) is 0 Å². The van der Waals surface area contributed by atoms with Gasteiger partial charge in [-0.25, -0.2) is 9.59 Å². The van der Waals surface area contributed by atoms with Gasteiger partial charge in [0.1, 0.15) is 0 Å². The summed E-state index contributed by atoms with van der Waals surface area (Å²) >= 11 is 0. The molecule has 0 atom stereocenters. The van der Waals surface area contributed by atoms with E-state index in [1.54, 1.807) is 12.2 Å². The third-order valence-corrected chi connectivity index (χ3v) is 6.02. The van der Waals surface area contributed by atoms with Gasteiger partial charge in [0.05, 0.1) is 11.4 Å². The van der Waals surface area contributed by atoms with E-state index in [0.717, 1.165) is 10.6 Å². The molecule has 0 unspecified atom stereocenters. The second kappa shape index (κ2) is 8.10. The molecule has 0 aliphatic heterocycles. The molecule has 3 rings (SSSR count). The molecule has 0 saturated heterocycles. The van der Waals surface area contributed by atoms with Crippen LogP contribution in [0.5, 0.6) is 0 Å². The fourth-order valence-corrected chi connectivity index (χ4v) is 4.74. The molecule has 0 heterocycles. The van der Waals surface area contributed by atoms with Crippen molar-refractivity contribution in [2.45, 2.75) is 0 Å². The lowest BCUT2D eigenvalue weighted by molar-refractivity contribution is 0.564. The van der Waals surface area contributed by atoms with Gasteiger partial charge < -0.3 is 0 Å². The summed E-state index contributed by atoms with van der Waals surface area (Å²) in [6.45, 7) is 0. The number of carbonyl (C=O) groups excluding carboxylic acids is 2. The Balaban J connectivity index is 2.06. The van der Waals surface area contributed by atoms with Gasteiger partial charge in [-0.3, -0.25) is 0 Å². The van der Waals surface area contributed by atoms with E-state index in [9.17, 15) is 9.59 Å². The Morgan fingerprint density at radius 1 is 0.560 bits per heavy atom. The molecule has 25 heavy (non-hydrogen) atoms. The highest BCUT2D eigenvalue weighted by molar-refractivity contribution is 7.79. The van der Waals surface area contributed by atoms with Gasteiger partial charge in [0.2, 0.25) is 12.2 Å². The highest BCUT2D eigenvalue weighted by Gasteiger charge is 2.16. The minimum absolute atomic E-state index is 0.581. The van der Waals surface area contributed by atoms with Crippen molar-refractivity contribution in [1.29, 1.82) is 0 Å². The average Bonchev–Trinajstić information content (AvgIpc) is 2.66. The molecule has 4 nitrogen and oxygen atoms in total. The molecule has 5 heteroatoms. The van der Waals surface area contributed by atoms with E-state index in [1.165, 1.54) is 5.30 Å². The fourth-order valence-electron chi connectivity index (χ4n) is 2.48. The molecule has 0 N–H and O–H groups in total. The molecule has 120 valence electrons. The number of hydrogen-bond acceptors (Lipinski definition) is 4. The predicted octanol–water partition coefficient (Wildman–Crippen LogP) is 3.38. The van der Waals surface area contributed by atoms with Crippen LogP contribution in [0.25, 0.3) is 0 Å². The Hall–Kier alpha value is -3.15. The minimum Gasteiger partial charge on any atom is -0.211 e. The van der Waals surface area contributed by atoms with Crippen LogP contribution in [0.15, 0.2) is 88.8 Å². The van der Waals surface area contributed by atoms with Crippen molar-refractivity contribution in [1.82, 2.24) is 0 Å². The maximum absolute atomic E-state index is 10.4. The number of benzene rings is 3. The first-order valence-corrected chi connectivity index (χ1v) is 8.87. The van der Waals surface area contributed by atoms with Gasteiger partial charge in [0.15, 0.2) is 0 Å². The average molecular weight is 344 g/mol. The van der Waals surface area contributed by atoms with E-state index in [1.807, 2.05) is 66.7 Å². The zero-order valence-electron chi connectivity index (χ0n) is 13.2. The third-order valence-electron chi connectivity index (χ3n) is 3.58. The van der Waals surface area contributed by atoms with Crippen molar-refractivity contribution < 1.29 is 9.59 Å². The van der Waals surface area contributed by atoms with E-state index in [4.69, 9.17) is 0 Å². The monoisotopic (exact) mass is 344 g/mol. The molecular weight excluding hydrogens is 331 g/mol. The summed E-state index contributed by atoms with van der Waals surface area (Å²) in [5.74, 6) is 0. The summed E-state index contributed by atoms with van der Waals surface area (Å²) in [6, 6.07) is 25.4. The van der Waals surface area contributed by atoms with Crippen LogP contribution >= 0.6 is 7.92 Å². The van der Waals surface area contributed by atoms with Gasteiger partial charge in [0.25, 0.3) is 0 Å². The van der Waals surface area contributed by atoms with E-state index in [-0.39, 0.29) is 0 Å². The summed E-state index contributed by atoms with van der Waals surface area (Å²) in [6.07, 6.45) is 3.11. The number of rotatable bonds is 5. The maximum Gasteiger partial charge on any atom is 0.240 e. The van der Waals surface area contributed by atoms with Gasteiger partial charge in [-0.1, -0.05) is 54.6 Å². The van der Waals surface area contributed by atoms with Gasteiger partial charge >= 0.3 is 0 Å². The van der Waals surface area contributed by atoms with Crippen LogP contribution in [0.2, 0.25) is 0 Å². The lowest BCUT2D eigenvalue weighted by Crippen LogP contribution is -2.20. The summed E-state index contributed by atoms with van der Waals surface area (Å²) < 4.78 is 0. The second-order valence-electron chi connectivity index (χ2n) is 5.11. The van der Waals surface area contributed by atoms with E-state index in [2.05, 4.69) is 22.1 Å². The Kier molecular flexibility index (Phi) is 5.41. The third kappa shape index (κ3) is 4.03. The molecule has 3 aromatic rings. The van der Waals surface area contributed by atoms with Crippen molar-refractivity contribution in [2.24, 2.45) is 9.98 Å². The van der Waals surface area contributed by atoms with Crippen LogP contribution in [-0.4, -0.2) is 12.2 Å². The first-order chi connectivity index (χ1) is 12.3. The van der Waals surface area contributed by atoms with Crippen molar-refractivity contribution >= 4 is 47.4 Å². The van der Waals surface area contributed by atoms with E-state index < -0.39 is 7.92 Å². The largest absolute Gasteiger partial charge is 0.240 e. The van der Waals surface area contributed by atoms with Crippen LogP contribution in [0, 0.1) is 0 Å². The molecule has 0 bridgehead atoms. The highest BCUT2D eigenvalue weighted by atomic mass is 31.1. The highest BCUT2D eigenvalue weighted by Crippen LogP contribution is 2.33. The smallest absolute Gasteiger partial charge is 0.211 e. The minimum atomic E-state index is -0.770. The van der Waals surface area contributed by atoms with Crippen LogP contribution in [-0.2, 0) is 9.59 Å². The van der Waals surface area contributed by atoms with Crippen LogP contribution in [0.4, 0.5) is 11.4 Å². The Bertz CT molecular complexity index is 880. The normalized spacial score (nSPS) is 11.0. The number of hydrogen-bond donors (Lipinski definition) is 0. The maximum atomic E-state index is 10.4. The van der Waals surface area contributed by atoms with Crippen LogP contribution in [0.1, 0.15) is 0 Å². The van der Waals surface area contributed by atoms with Crippen LogP contribution in [0.3, 0.4) is 0 Å².